The Balaban J connectivity index is 2.03. The van der Waals surface area contributed by atoms with Crippen molar-refractivity contribution in [3.05, 3.63) is 29.8 Å². The molecule has 1 heterocycles. The molecule has 1 fully saturated rings. The van der Waals surface area contributed by atoms with Gasteiger partial charge in [0.05, 0.1) is 25.6 Å². The second-order valence-electron chi connectivity index (χ2n) is 6.80. The smallest absolute Gasteiger partial charge is 0.310 e. The quantitative estimate of drug-likeness (QED) is 0.445. The van der Waals surface area contributed by atoms with Gasteiger partial charge in [-0.1, -0.05) is 19.1 Å². The monoisotopic (exact) mass is 360 g/mol. The first-order chi connectivity index (χ1) is 12.5. The van der Waals surface area contributed by atoms with E-state index < -0.39 is 0 Å². The molecule has 0 radical (unpaired) electrons. The van der Waals surface area contributed by atoms with Crippen LogP contribution in [0.2, 0.25) is 0 Å². The Morgan fingerprint density at radius 3 is 2.69 bits per heavy atom. The number of esters is 1. The van der Waals surface area contributed by atoms with Gasteiger partial charge in [-0.25, -0.2) is 0 Å². The molecular formula is C20H32N4O2. The van der Waals surface area contributed by atoms with Gasteiger partial charge in [0.15, 0.2) is 5.96 Å². The molecule has 1 aliphatic heterocycles. The molecule has 2 atom stereocenters. The summed E-state index contributed by atoms with van der Waals surface area (Å²) >= 11 is 0. The first-order valence-electron chi connectivity index (χ1n) is 9.52. The van der Waals surface area contributed by atoms with Crippen LogP contribution < -0.4 is 15.5 Å². The third-order valence-corrected chi connectivity index (χ3v) is 4.67. The van der Waals surface area contributed by atoms with Gasteiger partial charge < -0.3 is 20.3 Å². The van der Waals surface area contributed by atoms with E-state index in [2.05, 4.69) is 51.7 Å². The Bertz CT molecular complexity index is 612. The van der Waals surface area contributed by atoms with Gasteiger partial charge in [-0.3, -0.25) is 9.79 Å². The van der Waals surface area contributed by atoms with E-state index in [1.165, 1.54) is 31.2 Å². The van der Waals surface area contributed by atoms with E-state index in [0.29, 0.717) is 12.5 Å². The standard InChI is InChI=1S/C20H32N4O2/c1-5-21-20(22-14-15(2)19(25)26-4)23-16(3)17-9-8-10-18(13-17)24-11-6-7-12-24/h8-10,13,15-16H,5-7,11-12,14H2,1-4H3,(H2,21,22,23). The number of nitrogens with zero attached hydrogens (tertiary/aromatic N) is 2. The number of carbonyl (C=O) groups is 1. The summed E-state index contributed by atoms with van der Waals surface area (Å²) in [6.45, 7) is 9.41. The lowest BCUT2D eigenvalue weighted by Crippen LogP contribution is -2.39. The molecule has 0 bridgehead atoms. The lowest BCUT2D eigenvalue weighted by atomic mass is 10.1. The van der Waals surface area contributed by atoms with Crippen LogP contribution in [0.15, 0.2) is 29.3 Å². The highest BCUT2D eigenvalue weighted by Crippen LogP contribution is 2.23. The summed E-state index contributed by atoms with van der Waals surface area (Å²) < 4.78 is 4.76. The average Bonchev–Trinajstić information content (AvgIpc) is 3.20. The van der Waals surface area contributed by atoms with Crippen LogP contribution >= 0.6 is 0 Å². The highest BCUT2D eigenvalue weighted by Gasteiger charge is 2.16. The zero-order chi connectivity index (χ0) is 18.9. The van der Waals surface area contributed by atoms with E-state index in [9.17, 15) is 4.79 Å². The highest BCUT2D eigenvalue weighted by molar-refractivity contribution is 5.81. The molecule has 6 heteroatoms. The van der Waals surface area contributed by atoms with Crippen LogP contribution in [0.3, 0.4) is 0 Å². The van der Waals surface area contributed by atoms with Crippen molar-refractivity contribution in [3.63, 3.8) is 0 Å². The Hall–Kier alpha value is -2.24. The predicted molar refractivity (Wildman–Crippen MR) is 107 cm³/mol. The number of hydrogen-bond donors (Lipinski definition) is 2. The number of hydrogen-bond acceptors (Lipinski definition) is 4. The Morgan fingerprint density at radius 2 is 2.04 bits per heavy atom. The molecule has 0 aliphatic carbocycles. The van der Waals surface area contributed by atoms with Crippen molar-refractivity contribution in [2.45, 2.75) is 39.7 Å². The molecule has 0 saturated carbocycles. The number of anilines is 1. The lowest BCUT2D eigenvalue weighted by molar-refractivity contribution is -0.144. The Kier molecular flexibility index (Phi) is 7.75. The SMILES string of the molecule is CCNC(=NCC(C)C(=O)OC)NC(C)c1cccc(N2CCCC2)c1. The van der Waals surface area contributed by atoms with Crippen LogP contribution in [0, 0.1) is 5.92 Å². The molecule has 2 N–H and O–H groups in total. The van der Waals surface area contributed by atoms with Crippen LogP contribution in [0.5, 0.6) is 0 Å². The molecule has 1 aliphatic rings. The summed E-state index contributed by atoms with van der Waals surface area (Å²) in [5.41, 5.74) is 2.51. The predicted octanol–water partition coefficient (Wildman–Crippen LogP) is 2.71. The third kappa shape index (κ3) is 5.64. The van der Waals surface area contributed by atoms with Gasteiger partial charge in [0.2, 0.25) is 0 Å². The fraction of sp³-hybridized carbons (Fsp3) is 0.600. The van der Waals surface area contributed by atoms with E-state index in [0.717, 1.165) is 19.6 Å². The molecule has 2 rings (SSSR count). The summed E-state index contributed by atoms with van der Waals surface area (Å²) in [4.78, 5) is 18.5. The molecule has 1 aromatic rings. The van der Waals surface area contributed by atoms with E-state index in [1.54, 1.807) is 0 Å². The maximum Gasteiger partial charge on any atom is 0.310 e. The van der Waals surface area contributed by atoms with Crippen molar-refractivity contribution >= 4 is 17.6 Å². The van der Waals surface area contributed by atoms with Gasteiger partial charge in [-0.2, -0.15) is 0 Å². The van der Waals surface area contributed by atoms with Crippen molar-refractivity contribution in [3.8, 4) is 0 Å². The average molecular weight is 361 g/mol. The zero-order valence-electron chi connectivity index (χ0n) is 16.4. The summed E-state index contributed by atoms with van der Waals surface area (Å²) in [5.74, 6) is 0.211. The number of rotatable bonds is 7. The number of benzene rings is 1. The number of aliphatic imine (C=N–C) groups is 1. The highest BCUT2D eigenvalue weighted by atomic mass is 16.5. The number of nitrogens with one attached hydrogen (secondary N) is 2. The fourth-order valence-electron chi connectivity index (χ4n) is 3.08. The molecule has 26 heavy (non-hydrogen) atoms. The molecule has 0 amide bonds. The van der Waals surface area contributed by atoms with Crippen molar-refractivity contribution in [2.75, 3.05) is 38.2 Å². The molecule has 1 saturated heterocycles. The minimum atomic E-state index is -0.260. The van der Waals surface area contributed by atoms with Crippen LogP contribution in [-0.4, -0.2) is 45.2 Å². The number of methoxy groups -OCH3 is 1. The second kappa shape index (κ2) is 10.0. The Morgan fingerprint density at radius 1 is 1.31 bits per heavy atom. The lowest BCUT2D eigenvalue weighted by Gasteiger charge is -2.22. The third-order valence-electron chi connectivity index (χ3n) is 4.67. The maximum absolute atomic E-state index is 11.6. The normalized spacial score (nSPS) is 16.9. The Labute approximate surface area is 157 Å². The van der Waals surface area contributed by atoms with E-state index in [-0.39, 0.29) is 17.9 Å². The first-order valence-corrected chi connectivity index (χ1v) is 9.52. The molecule has 6 nitrogen and oxygen atoms in total. The summed E-state index contributed by atoms with van der Waals surface area (Å²) in [7, 11) is 1.40. The second-order valence-corrected chi connectivity index (χ2v) is 6.80. The van der Waals surface area contributed by atoms with Crippen LogP contribution in [-0.2, 0) is 9.53 Å². The number of guanidine groups is 1. The summed E-state index contributed by atoms with van der Waals surface area (Å²) in [6, 6.07) is 8.80. The molecule has 0 spiro atoms. The summed E-state index contributed by atoms with van der Waals surface area (Å²) in [6.07, 6.45) is 2.54. The zero-order valence-corrected chi connectivity index (χ0v) is 16.4. The van der Waals surface area contributed by atoms with Gasteiger partial charge in [-0.05, 0) is 44.4 Å². The topological polar surface area (TPSA) is 66.0 Å². The number of ether oxygens (including phenoxy) is 1. The van der Waals surface area contributed by atoms with Gasteiger partial charge in [-0.15, -0.1) is 0 Å². The van der Waals surface area contributed by atoms with Gasteiger partial charge >= 0.3 is 5.97 Å². The van der Waals surface area contributed by atoms with E-state index >= 15 is 0 Å². The minimum absolute atomic E-state index is 0.115. The summed E-state index contributed by atoms with van der Waals surface area (Å²) in [5, 5.41) is 6.67. The van der Waals surface area contributed by atoms with E-state index in [1.807, 2.05) is 13.8 Å². The molecule has 1 aromatic carbocycles. The molecule has 0 aromatic heterocycles. The number of carbonyl (C=O) groups excluding carboxylic acids is 1. The van der Waals surface area contributed by atoms with Crippen LogP contribution in [0.4, 0.5) is 5.69 Å². The largest absolute Gasteiger partial charge is 0.469 e. The van der Waals surface area contributed by atoms with Crippen molar-refractivity contribution < 1.29 is 9.53 Å². The van der Waals surface area contributed by atoms with Gasteiger partial charge in [0.1, 0.15) is 0 Å². The molecule has 2 unspecified atom stereocenters. The van der Waals surface area contributed by atoms with Crippen molar-refractivity contribution in [1.82, 2.24) is 10.6 Å². The first kappa shape index (κ1) is 20.1. The van der Waals surface area contributed by atoms with Crippen molar-refractivity contribution in [1.29, 1.82) is 0 Å². The molecular weight excluding hydrogens is 328 g/mol. The fourth-order valence-corrected chi connectivity index (χ4v) is 3.08. The van der Waals surface area contributed by atoms with Gasteiger partial charge in [0, 0.05) is 25.3 Å². The van der Waals surface area contributed by atoms with Crippen LogP contribution in [0.1, 0.15) is 45.2 Å². The van der Waals surface area contributed by atoms with Gasteiger partial charge in [0.25, 0.3) is 0 Å². The van der Waals surface area contributed by atoms with Crippen molar-refractivity contribution in [2.24, 2.45) is 10.9 Å². The maximum atomic E-state index is 11.6. The minimum Gasteiger partial charge on any atom is -0.469 e. The van der Waals surface area contributed by atoms with Crippen LogP contribution in [0.25, 0.3) is 0 Å². The van der Waals surface area contributed by atoms with E-state index in [4.69, 9.17) is 4.74 Å². The molecule has 144 valence electrons.